The van der Waals surface area contributed by atoms with Crippen LogP contribution in [0.15, 0.2) is 54.9 Å². The van der Waals surface area contributed by atoms with Crippen molar-refractivity contribution in [2.75, 3.05) is 6.54 Å². The standard InChI is InChI=1S/C17H16FN3O2/c1-17(23,12-5-7-13(18)8-6-12)11-20-16(22)14-10-19-15-4-2-3-9-21(14)15/h2-10,23H,11H2,1H3,(H,20,22). The number of nitrogens with zero attached hydrogens (tertiary/aromatic N) is 2. The molecule has 0 fully saturated rings. The molecule has 2 N–H and O–H groups in total. The number of aromatic nitrogens is 2. The number of aliphatic hydroxyl groups is 1. The van der Waals surface area contributed by atoms with Crippen molar-refractivity contribution < 1.29 is 14.3 Å². The van der Waals surface area contributed by atoms with Gasteiger partial charge in [0.05, 0.1) is 12.7 Å². The number of fused-ring (bicyclic) bond motifs is 1. The van der Waals surface area contributed by atoms with Crippen molar-refractivity contribution in [2.45, 2.75) is 12.5 Å². The maximum absolute atomic E-state index is 13.0. The highest BCUT2D eigenvalue weighted by Gasteiger charge is 2.24. The number of benzene rings is 1. The zero-order valence-corrected chi connectivity index (χ0v) is 12.5. The van der Waals surface area contributed by atoms with E-state index >= 15 is 0 Å². The topological polar surface area (TPSA) is 66.6 Å². The Bertz CT molecular complexity index is 840. The molecule has 0 aliphatic rings. The normalized spacial score (nSPS) is 13.7. The van der Waals surface area contributed by atoms with E-state index in [0.29, 0.717) is 16.9 Å². The monoisotopic (exact) mass is 313 g/mol. The molecular weight excluding hydrogens is 297 g/mol. The van der Waals surface area contributed by atoms with Crippen molar-refractivity contribution in [2.24, 2.45) is 0 Å². The van der Waals surface area contributed by atoms with Gasteiger partial charge in [-0.1, -0.05) is 18.2 Å². The molecule has 1 aromatic carbocycles. The highest BCUT2D eigenvalue weighted by molar-refractivity contribution is 5.93. The van der Waals surface area contributed by atoms with E-state index in [1.165, 1.54) is 30.5 Å². The molecule has 0 spiro atoms. The van der Waals surface area contributed by atoms with E-state index in [0.717, 1.165) is 0 Å². The smallest absolute Gasteiger partial charge is 0.270 e. The molecule has 0 aliphatic carbocycles. The molecule has 3 rings (SSSR count). The fourth-order valence-electron chi connectivity index (χ4n) is 2.35. The first-order valence-electron chi connectivity index (χ1n) is 7.16. The van der Waals surface area contributed by atoms with Crippen LogP contribution in [0.5, 0.6) is 0 Å². The molecule has 1 amide bonds. The Hall–Kier alpha value is -2.73. The minimum Gasteiger partial charge on any atom is -0.384 e. The number of carbonyl (C=O) groups is 1. The third kappa shape index (κ3) is 3.07. The molecular formula is C17H16FN3O2. The summed E-state index contributed by atoms with van der Waals surface area (Å²) in [5, 5.41) is 13.2. The Labute approximate surface area is 132 Å². The maximum Gasteiger partial charge on any atom is 0.270 e. The number of amides is 1. The van der Waals surface area contributed by atoms with Gasteiger partial charge in [-0.15, -0.1) is 0 Å². The van der Waals surface area contributed by atoms with Crippen molar-refractivity contribution in [3.63, 3.8) is 0 Å². The number of rotatable bonds is 4. The molecule has 6 heteroatoms. The zero-order chi connectivity index (χ0) is 16.4. The summed E-state index contributed by atoms with van der Waals surface area (Å²) in [4.78, 5) is 16.5. The highest BCUT2D eigenvalue weighted by Crippen LogP contribution is 2.20. The number of hydrogen-bond acceptors (Lipinski definition) is 3. The largest absolute Gasteiger partial charge is 0.384 e. The number of pyridine rings is 1. The third-order valence-corrected chi connectivity index (χ3v) is 3.71. The Morgan fingerprint density at radius 3 is 2.78 bits per heavy atom. The van der Waals surface area contributed by atoms with Gasteiger partial charge in [0, 0.05) is 6.20 Å². The molecule has 0 aliphatic heterocycles. The van der Waals surface area contributed by atoms with Crippen LogP contribution in [0.1, 0.15) is 23.0 Å². The predicted octanol–water partition coefficient (Wildman–Crippen LogP) is 2.11. The fraction of sp³-hybridized carbons (Fsp3) is 0.176. The number of carbonyl (C=O) groups excluding carboxylic acids is 1. The first-order chi connectivity index (χ1) is 11.0. The number of halogens is 1. The summed E-state index contributed by atoms with van der Waals surface area (Å²) in [7, 11) is 0. The second-order valence-corrected chi connectivity index (χ2v) is 5.54. The first kappa shape index (κ1) is 15.2. The summed E-state index contributed by atoms with van der Waals surface area (Å²) in [5.74, 6) is -0.717. The predicted molar refractivity (Wildman–Crippen MR) is 83.5 cm³/mol. The minimum absolute atomic E-state index is 0.00245. The van der Waals surface area contributed by atoms with Gasteiger partial charge in [0.25, 0.3) is 5.91 Å². The molecule has 2 aromatic heterocycles. The van der Waals surface area contributed by atoms with Gasteiger partial charge < -0.3 is 10.4 Å². The van der Waals surface area contributed by atoms with Gasteiger partial charge in [-0.2, -0.15) is 0 Å². The molecule has 2 heterocycles. The maximum atomic E-state index is 13.0. The Morgan fingerprint density at radius 1 is 1.30 bits per heavy atom. The van der Waals surface area contributed by atoms with E-state index in [1.807, 2.05) is 6.07 Å². The second-order valence-electron chi connectivity index (χ2n) is 5.54. The Balaban J connectivity index is 1.74. The van der Waals surface area contributed by atoms with Crippen LogP contribution in [0.4, 0.5) is 4.39 Å². The molecule has 118 valence electrons. The van der Waals surface area contributed by atoms with Gasteiger partial charge in [-0.25, -0.2) is 9.37 Å². The van der Waals surface area contributed by atoms with Crippen molar-refractivity contribution in [1.82, 2.24) is 14.7 Å². The van der Waals surface area contributed by atoms with Crippen LogP contribution in [0.2, 0.25) is 0 Å². The molecule has 5 nitrogen and oxygen atoms in total. The lowest BCUT2D eigenvalue weighted by atomic mass is 9.96. The van der Waals surface area contributed by atoms with Gasteiger partial charge in [-0.05, 0) is 36.8 Å². The minimum atomic E-state index is -1.30. The molecule has 3 aromatic rings. The van der Waals surface area contributed by atoms with Crippen LogP contribution in [0, 0.1) is 5.82 Å². The number of nitrogens with one attached hydrogen (secondary N) is 1. The van der Waals surface area contributed by atoms with Crippen molar-refractivity contribution in [1.29, 1.82) is 0 Å². The summed E-state index contributed by atoms with van der Waals surface area (Å²) in [5.41, 5.74) is 0.278. The van der Waals surface area contributed by atoms with Crippen molar-refractivity contribution >= 4 is 11.6 Å². The van der Waals surface area contributed by atoms with Gasteiger partial charge in [0.2, 0.25) is 0 Å². The van der Waals surface area contributed by atoms with E-state index in [9.17, 15) is 14.3 Å². The number of hydrogen-bond donors (Lipinski definition) is 2. The van der Waals surface area contributed by atoms with Gasteiger partial charge in [-0.3, -0.25) is 9.20 Å². The molecule has 0 saturated heterocycles. The summed E-state index contributed by atoms with van der Waals surface area (Å²) in [6.07, 6.45) is 3.23. The molecule has 0 bridgehead atoms. The van der Waals surface area contributed by atoms with E-state index in [1.54, 1.807) is 29.7 Å². The lowest BCUT2D eigenvalue weighted by Crippen LogP contribution is -2.39. The average molecular weight is 313 g/mol. The van der Waals surface area contributed by atoms with E-state index in [4.69, 9.17) is 0 Å². The van der Waals surface area contributed by atoms with Gasteiger partial charge in [0.1, 0.15) is 22.8 Å². The van der Waals surface area contributed by atoms with Crippen LogP contribution in [0.3, 0.4) is 0 Å². The van der Waals surface area contributed by atoms with Crippen LogP contribution in [-0.4, -0.2) is 26.9 Å². The van der Waals surface area contributed by atoms with Crippen LogP contribution < -0.4 is 5.32 Å². The van der Waals surface area contributed by atoms with Crippen LogP contribution in [-0.2, 0) is 5.60 Å². The van der Waals surface area contributed by atoms with Gasteiger partial charge in [0.15, 0.2) is 0 Å². The Morgan fingerprint density at radius 2 is 2.04 bits per heavy atom. The number of imidazole rings is 1. The second kappa shape index (κ2) is 5.81. The fourth-order valence-corrected chi connectivity index (χ4v) is 2.35. The molecule has 1 unspecified atom stereocenters. The molecule has 1 atom stereocenters. The third-order valence-electron chi connectivity index (χ3n) is 3.71. The van der Waals surface area contributed by atoms with Gasteiger partial charge >= 0.3 is 0 Å². The summed E-state index contributed by atoms with van der Waals surface area (Å²) in [6.45, 7) is 1.56. The van der Waals surface area contributed by atoms with E-state index in [-0.39, 0.29) is 18.3 Å². The SMILES string of the molecule is CC(O)(CNC(=O)c1cnc2ccccn12)c1ccc(F)cc1. The van der Waals surface area contributed by atoms with Crippen molar-refractivity contribution in [3.8, 4) is 0 Å². The molecule has 0 saturated carbocycles. The lowest BCUT2D eigenvalue weighted by molar-refractivity contribution is 0.0524. The van der Waals surface area contributed by atoms with E-state index < -0.39 is 5.60 Å². The average Bonchev–Trinajstić information content (AvgIpc) is 2.97. The molecule has 0 radical (unpaired) electrons. The summed E-state index contributed by atoms with van der Waals surface area (Å²) in [6, 6.07) is 11.0. The highest BCUT2D eigenvalue weighted by atomic mass is 19.1. The van der Waals surface area contributed by atoms with E-state index in [2.05, 4.69) is 10.3 Å². The Kier molecular flexibility index (Phi) is 3.83. The van der Waals surface area contributed by atoms with Crippen LogP contribution in [0.25, 0.3) is 5.65 Å². The first-order valence-corrected chi connectivity index (χ1v) is 7.16. The quantitative estimate of drug-likeness (QED) is 0.775. The summed E-state index contributed by atoms with van der Waals surface area (Å²) >= 11 is 0. The van der Waals surface area contributed by atoms with Crippen LogP contribution >= 0.6 is 0 Å². The van der Waals surface area contributed by atoms with Crippen molar-refractivity contribution in [3.05, 3.63) is 71.9 Å². The molecule has 23 heavy (non-hydrogen) atoms. The zero-order valence-electron chi connectivity index (χ0n) is 12.5. The summed E-state index contributed by atoms with van der Waals surface area (Å²) < 4.78 is 14.6. The lowest BCUT2D eigenvalue weighted by Gasteiger charge is -2.24.